The summed E-state index contributed by atoms with van der Waals surface area (Å²) in [6.07, 6.45) is 0.131. The number of carbonyl (C=O) groups is 3. The van der Waals surface area contributed by atoms with Gasteiger partial charge in [-0.1, -0.05) is 48.5 Å². The Labute approximate surface area is 160 Å². The zero-order chi connectivity index (χ0) is 19.0. The Hall–Kier alpha value is -2.80. The maximum atomic E-state index is 12.8. The Morgan fingerprint density at radius 2 is 1.85 bits per heavy atom. The molecule has 6 nitrogen and oxygen atoms in total. The lowest BCUT2D eigenvalue weighted by molar-refractivity contribution is -0.308. The van der Waals surface area contributed by atoms with Crippen LogP contribution in [-0.2, 0) is 16.0 Å². The molecule has 1 fully saturated rings. The number of rotatable bonds is 5. The summed E-state index contributed by atoms with van der Waals surface area (Å²) in [7, 11) is 0. The second-order valence-electron chi connectivity index (χ2n) is 6.57. The van der Waals surface area contributed by atoms with Gasteiger partial charge in [0.2, 0.25) is 5.91 Å². The monoisotopic (exact) mass is 381 g/mol. The number of nitrogens with one attached hydrogen (secondary N) is 1. The molecule has 138 valence electrons. The number of carbonyl (C=O) groups excluding carboxylic acids is 3. The molecule has 2 aliphatic rings. The van der Waals surface area contributed by atoms with Crippen molar-refractivity contribution < 1.29 is 19.5 Å². The average molecular weight is 381 g/mol. The van der Waals surface area contributed by atoms with E-state index in [0.29, 0.717) is 11.3 Å². The number of aliphatic carboxylic acids is 1. The minimum absolute atomic E-state index is 0.131. The van der Waals surface area contributed by atoms with Crippen LogP contribution in [0.5, 0.6) is 0 Å². The van der Waals surface area contributed by atoms with Crippen molar-refractivity contribution in [1.29, 1.82) is 0 Å². The predicted octanol–water partition coefficient (Wildman–Crippen LogP) is 0.734. The number of hydrogen-bond acceptors (Lipinski definition) is 5. The van der Waals surface area contributed by atoms with Gasteiger partial charge in [-0.05, 0) is 23.6 Å². The molecule has 2 heterocycles. The van der Waals surface area contributed by atoms with Crippen molar-refractivity contribution in [3.05, 3.63) is 71.3 Å². The molecule has 0 spiro atoms. The number of thioether (sulfide) groups is 1. The highest BCUT2D eigenvalue weighted by Gasteiger charge is 2.48. The number of hydrogen-bond donors (Lipinski definition) is 1. The molecule has 2 aliphatic heterocycles. The van der Waals surface area contributed by atoms with Crippen molar-refractivity contribution in [3.8, 4) is 0 Å². The maximum absolute atomic E-state index is 12.8. The van der Waals surface area contributed by atoms with Crippen LogP contribution in [0, 0.1) is 0 Å². The van der Waals surface area contributed by atoms with Gasteiger partial charge in [0.15, 0.2) is 0 Å². The predicted molar refractivity (Wildman–Crippen MR) is 98.7 cm³/mol. The number of fused-ring (bicyclic) bond motifs is 3. The summed E-state index contributed by atoms with van der Waals surface area (Å²) in [5.41, 5.74) is 2.30. The standard InChI is InChI=1S/C20H18N2O4S/c23-17(21-15(20(25)26)10-12-6-2-1-3-7-12)16-11-27-19-14-9-5-4-8-13(14)18(24)22(16)19/h1-9,15-16,19H,10-11H2,(H,21,23)(H,25,26)/p-1/t15-,16+,19+/m1/s1. The molecule has 0 radical (unpaired) electrons. The largest absolute Gasteiger partial charge is 0.548 e. The van der Waals surface area contributed by atoms with Gasteiger partial charge in [-0.3, -0.25) is 9.59 Å². The third kappa shape index (κ3) is 3.19. The van der Waals surface area contributed by atoms with Gasteiger partial charge < -0.3 is 20.1 Å². The van der Waals surface area contributed by atoms with E-state index in [9.17, 15) is 19.5 Å². The minimum Gasteiger partial charge on any atom is -0.548 e. The number of carboxylic acid groups (broad SMARTS) is 1. The fourth-order valence-corrected chi connectivity index (χ4v) is 5.02. The molecule has 1 saturated heterocycles. The highest BCUT2D eigenvalue weighted by Crippen LogP contribution is 2.48. The fraction of sp³-hybridized carbons (Fsp3) is 0.250. The number of carboxylic acids is 1. The lowest BCUT2D eigenvalue weighted by atomic mass is 10.1. The van der Waals surface area contributed by atoms with E-state index >= 15 is 0 Å². The van der Waals surface area contributed by atoms with E-state index in [2.05, 4.69) is 5.32 Å². The first-order chi connectivity index (χ1) is 13.1. The van der Waals surface area contributed by atoms with Crippen LogP contribution in [0.3, 0.4) is 0 Å². The second-order valence-corrected chi connectivity index (χ2v) is 7.68. The summed E-state index contributed by atoms with van der Waals surface area (Å²) >= 11 is 1.52. The summed E-state index contributed by atoms with van der Waals surface area (Å²) < 4.78 is 0. The number of nitrogens with zero attached hydrogens (tertiary/aromatic N) is 1. The maximum Gasteiger partial charge on any atom is 0.256 e. The Morgan fingerprint density at radius 3 is 2.59 bits per heavy atom. The molecule has 27 heavy (non-hydrogen) atoms. The summed E-state index contributed by atoms with van der Waals surface area (Å²) in [6, 6.07) is 14.5. The molecule has 0 aliphatic carbocycles. The van der Waals surface area contributed by atoms with Crippen LogP contribution in [0.25, 0.3) is 0 Å². The molecule has 3 atom stereocenters. The topological polar surface area (TPSA) is 89.5 Å². The second kappa shape index (κ2) is 7.08. The Bertz CT molecular complexity index is 902. The van der Waals surface area contributed by atoms with Crippen molar-refractivity contribution in [2.75, 3.05) is 5.75 Å². The molecule has 2 aromatic carbocycles. The Morgan fingerprint density at radius 1 is 1.15 bits per heavy atom. The van der Waals surface area contributed by atoms with Gasteiger partial charge in [0.1, 0.15) is 11.4 Å². The third-order valence-corrected chi connectivity index (χ3v) is 6.18. The zero-order valence-electron chi connectivity index (χ0n) is 14.3. The van der Waals surface area contributed by atoms with Crippen LogP contribution >= 0.6 is 11.8 Å². The molecule has 0 unspecified atom stereocenters. The van der Waals surface area contributed by atoms with Crippen molar-refractivity contribution in [1.82, 2.24) is 10.2 Å². The summed E-state index contributed by atoms with van der Waals surface area (Å²) in [5, 5.41) is 13.9. The SMILES string of the molecule is O=C([O-])[C@@H](Cc1ccccc1)NC(=O)[C@@H]1CS[C@H]2c3ccccc3C(=O)N12. The first-order valence-electron chi connectivity index (χ1n) is 8.64. The molecule has 1 N–H and O–H groups in total. The minimum atomic E-state index is -1.34. The van der Waals surface area contributed by atoms with Crippen LogP contribution in [0.2, 0.25) is 0 Å². The van der Waals surface area contributed by atoms with Crippen molar-refractivity contribution >= 4 is 29.5 Å². The molecule has 0 aromatic heterocycles. The van der Waals surface area contributed by atoms with Crippen LogP contribution in [0.1, 0.15) is 26.9 Å². The van der Waals surface area contributed by atoms with E-state index < -0.39 is 24.0 Å². The number of amides is 2. The molecule has 4 rings (SSSR count). The Kier molecular flexibility index (Phi) is 4.61. The van der Waals surface area contributed by atoms with E-state index in [0.717, 1.165) is 11.1 Å². The van der Waals surface area contributed by atoms with Crippen LogP contribution in [0.15, 0.2) is 54.6 Å². The van der Waals surface area contributed by atoms with Crippen LogP contribution in [-0.4, -0.2) is 40.5 Å². The molecule has 2 aromatic rings. The van der Waals surface area contributed by atoms with Gasteiger partial charge in [0.05, 0.1) is 12.0 Å². The van der Waals surface area contributed by atoms with E-state index in [1.54, 1.807) is 29.2 Å². The third-order valence-electron chi connectivity index (χ3n) is 4.88. The average Bonchev–Trinajstić information content (AvgIpc) is 3.23. The van der Waals surface area contributed by atoms with Crippen molar-refractivity contribution in [2.24, 2.45) is 0 Å². The highest BCUT2D eigenvalue weighted by atomic mass is 32.2. The highest BCUT2D eigenvalue weighted by molar-refractivity contribution is 7.99. The van der Waals surface area contributed by atoms with Crippen LogP contribution in [0.4, 0.5) is 0 Å². The first kappa shape index (κ1) is 17.6. The van der Waals surface area contributed by atoms with Crippen molar-refractivity contribution in [2.45, 2.75) is 23.9 Å². The molecular weight excluding hydrogens is 364 g/mol. The zero-order valence-corrected chi connectivity index (χ0v) is 15.1. The molecule has 0 bridgehead atoms. The quantitative estimate of drug-likeness (QED) is 0.825. The fourth-order valence-electron chi connectivity index (χ4n) is 3.55. The molecular formula is C20H17N2O4S-. The van der Waals surface area contributed by atoms with Crippen molar-refractivity contribution in [3.63, 3.8) is 0 Å². The Balaban J connectivity index is 1.50. The van der Waals surface area contributed by atoms with Gasteiger partial charge in [-0.15, -0.1) is 11.8 Å². The molecule has 7 heteroatoms. The van der Waals surface area contributed by atoms with Gasteiger partial charge in [-0.25, -0.2) is 0 Å². The number of benzene rings is 2. The van der Waals surface area contributed by atoms with E-state index in [-0.39, 0.29) is 17.7 Å². The van der Waals surface area contributed by atoms with Gasteiger partial charge in [0, 0.05) is 11.3 Å². The van der Waals surface area contributed by atoms with Gasteiger partial charge in [0.25, 0.3) is 5.91 Å². The molecule has 2 amide bonds. The summed E-state index contributed by atoms with van der Waals surface area (Å²) in [6.45, 7) is 0. The van der Waals surface area contributed by atoms with Crippen LogP contribution < -0.4 is 10.4 Å². The normalized spacial score (nSPS) is 21.5. The first-order valence-corrected chi connectivity index (χ1v) is 9.69. The van der Waals surface area contributed by atoms with E-state index in [4.69, 9.17) is 0 Å². The van der Waals surface area contributed by atoms with E-state index in [1.807, 2.05) is 30.3 Å². The summed E-state index contributed by atoms with van der Waals surface area (Å²) in [5.74, 6) is -1.56. The van der Waals surface area contributed by atoms with Gasteiger partial charge >= 0.3 is 0 Å². The molecule has 0 saturated carbocycles. The lowest BCUT2D eigenvalue weighted by Crippen LogP contribution is -2.54. The van der Waals surface area contributed by atoms with E-state index in [1.165, 1.54) is 11.8 Å². The smallest absolute Gasteiger partial charge is 0.256 e. The summed E-state index contributed by atoms with van der Waals surface area (Å²) in [4.78, 5) is 38.6. The van der Waals surface area contributed by atoms with Gasteiger partial charge in [-0.2, -0.15) is 0 Å². The lowest BCUT2D eigenvalue weighted by Gasteiger charge is -2.26.